The summed E-state index contributed by atoms with van der Waals surface area (Å²) in [6.45, 7) is 4.79. The highest BCUT2D eigenvalue weighted by Crippen LogP contribution is 2.32. The average Bonchev–Trinajstić information content (AvgIpc) is 3.33. The highest BCUT2D eigenvalue weighted by molar-refractivity contribution is 7.89. The lowest BCUT2D eigenvalue weighted by molar-refractivity contribution is -0.142. The Hall–Kier alpha value is -2.53. The van der Waals surface area contributed by atoms with E-state index >= 15 is 0 Å². The van der Waals surface area contributed by atoms with Gasteiger partial charge in [-0.15, -0.1) is 0 Å². The lowest BCUT2D eigenvalue weighted by Crippen LogP contribution is -2.47. The monoisotopic (exact) mass is 503 g/mol. The molecule has 190 valence electrons. The lowest BCUT2D eigenvalue weighted by atomic mass is 9.88. The third-order valence-corrected chi connectivity index (χ3v) is 9.07. The fourth-order valence-corrected chi connectivity index (χ4v) is 6.82. The normalized spacial score (nSPS) is 20.7. The number of pyridine rings is 1. The van der Waals surface area contributed by atoms with Gasteiger partial charge in [0.05, 0.1) is 23.8 Å². The number of hydrogen-bond donors (Lipinski definition) is 1. The molecule has 35 heavy (non-hydrogen) atoms. The van der Waals surface area contributed by atoms with E-state index in [2.05, 4.69) is 4.98 Å². The molecule has 1 aromatic carbocycles. The molecule has 4 rings (SSSR count). The summed E-state index contributed by atoms with van der Waals surface area (Å²) >= 11 is 0. The number of ether oxygens (including phenoxy) is 2. The van der Waals surface area contributed by atoms with Gasteiger partial charge in [-0.2, -0.15) is 4.31 Å². The maximum absolute atomic E-state index is 13.3. The van der Waals surface area contributed by atoms with Crippen molar-refractivity contribution in [1.82, 2.24) is 14.2 Å². The van der Waals surface area contributed by atoms with E-state index in [0.29, 0.717) is 66.4 Å². The highest BCUT2D eigenvalue weighted by Gasteiger charge is 2.38. The smallest absolute Gasteiger partial charge is 0.248 e. The highest BCUT2D eigenvalue weighted by atomic mass is 32.2. The molecule has 1 amide bonds. The van der Waals surface area contributed by atoms with Crippen molar-refractivity contribution in [3.63, 3.8) is 0 Å². The first-order chi connectivity index (χ1) is 16.6. The van der Waals surface area contributed by atoms with Gasteiger partial charge in [-0.3, -0.25) is 9.78 Å². The minimum Gasteiger partial charge on any atom is -0.497 e. The Morgan fingerprint density at radius 2 is 1.86 bits per heavy atom. The van der Waals surface area contributed by atoms with Gasteiger partial charge in [0.15, 0.2) is 0 Å². The Labute approximate surface area is 206 Å². The van der Waals surface area contributed by atoms with E-state index in [-0.39, 0.29) is 25.2 Å². The predicted molar refractivity (Wildman–Crippen MR) is 130 cm³/mol. The third-order valence-electron chi connectivity index (χ3n) is 6.90. The van der Waals surface area contributed by atoms with Crippen LogP contribution in [0.15, 0.2) is 41.4 Å². The first kappa shape index (κ1) is 25.6. The summed E-state index contributed by atoms with van der Waals surface area (Å²) < 4.78 is 39.1. The molecule has 0 bridgehead atoms. The number of benzene rings is 1. The van der Waals surface area contributed by atoms with Crippen LogP contribution < -0.4 is 4.74 Å². The molecule has 10 heteroatoms. The van der Waals surface area contributed by atoms with E-state index in [0.717, 1.165) is 0 Å². The van der Waals surface area contributed by atoms with Crippen molar-refractivity contribution >= 4 is 15.9 Å². The van der Waals surface area contributed by atoms with Gasteiger partial charge in [-0.05, 0) is 68.5 Å². The number of carbonyl (C=O) groups is 1. The fraction of sp³-hybridized carbons (Fsp3) is 0.520. The third kappa shape index (κ3) is 5.35. The van der Waals surface area contributed by atoms with Crippen LogP contribution in [-0.4, -0.2) is 79.6 Å². The van der Waals surface area contributed by atoms with E-state index in [4.69, 9.17) is 9.47 Å². The molecule has 0 saturated carbocycles. The van der Waals surface area contributed by atoms with Crippen LogP contribution in [-0.2, 0) is 25.2 Å². The second-order valence-corrected chi connectivity index (χ2v) is 11.2. The predicted octanol–water partition coefficient (Wildman–Crippen LogP) is 2.00. The average molecular weight is 504 g/mol. The van der Waals surface area contributed by atoms with Crippen molar-refractivity contribution in [2.45, 2.75) is 49.7 Å². The largest absolute Gasteiger partial charge is 0.497 e. The number of rotatable bonds is 7. The Morgan fingerprint density at radius 1 is 1.17 bits per heavy atom. The van der Waals surface area contributed by atoms with E-state index in [9.17, 15) is 18.3 Å². The van der Waals surface area contributed by atoms with Crippen molar-refractivity contribution in [2.75, 3.05) is 39.9 Å². The van der Waals surface area contributed by atoms with Gasteiger partial charge >= 0.3 is 0 Å². The summed E-state index contributed by atoms with van der Waals surface area (Å²) in [4.78, 5) is 19.0. The fourth-order valence-electron chi connectivity index (χ4n) is 4.92. The number of aryl methyl sites for hydroxylation is 2. The minimum absolute atomic E-state index is 0.110. The summed E-state index contributed by atoms with van der Waals surface area (Å²) in [7, 11) is -2.14. The Bertz CT molecular complexity index is 1140. The molecule has 1 unspecified atom stereocenters. The van der Waals surface area contributed by atoms with E-state index < -0.39 is 15.6 Å². The maximum Gasteiger partial charge on any atom is 0.248 e. The zero-order chi connectivity index (χ0) is 25.2. The van der Waals surface area contributed by atoms with Gasteiger partial charge in [0.2, 0.25) is 15.9 Å². The molecule has 1 aromatic heterocycles. The molecular weight excluding hydrogens is 470 g/mol. The molecule has 2 saturated heterocycles. The number of aliphatic hydroxyl groups is 1. The van der Waals surface area contributed by atoms with Crippen LogP contribution in [0.25, 0.3) is 0 Å². The van der Waals surface area contributed by atoms with E-state index in [1.807, 2.05) is 6.07 Å². The number of amides is 1. The van der Waals surface area contributed by atoms with Crippen molar-refractivity contribution < 1.29 is 27.8 Å². The van der Waals surface area contributed by atoms with Crippen LogP contribution in [0.1, 0.15) is 36.1 Å². The van der Waals surface area contributed by atoms with Gasteiger partial charge < -0.3 is 19.5 Å². The molecule has 2 fully saturated rings. The van der Waals surface area contributed by atoms with Gasteiger partial charge in [0, 0.05) is 32.4 Å². The molecule has 1 atom stereocenters. The van der Waals surface area contributed by atoms with Crippen LogP contribution in [0, 0.1) is 13.8 Å². The lowest BCUT2D eigenvalue weighted by Gasteiger charge is -2.37. The Morgan fingerprint density at radius 3 is 2.46 bits per heavy atom. The second kappa shape index (κ2) is 10.2. The molecule has 1 N–H and O–H groups in total. The summed E-state index contributed by atoms with van der Waals surface area (Å²) in [5.41, 5.74) is 0.865. The summed E-state index contributed by atoms with van der Waals surface area (Å²) in [5, 5.41) is 10.9. The topological polar surface area (TPSA) is 109 Å². The quantitative estimate of drug-likeness (QED) is 0.615. The van der Waals surface area contributed by atoms with Crippen molar-refractivity contribution in [3.8, 4) is 5.75 Å². The second-order valence-electron chi connectivity index (χ2n) is 9.30. The molecule has 0 radical (unpaired) electrons. The molecule has 2 aromatic rings. The number of carbonyl (C=O) groups excluding carboxylic acids is 1. The number of sulfonamides is 1. The van der Waals surface area contributed by atoms with Crippen molar-refractivity contribution in [3.05, 3.63) is 53.3 Å². The van der Waals surface area contributed by atoms with Crippen LogP contribution in [0.4, 0.5) is 0 Å². The molecular formula is C25H33N3O6S. The molecule has 2 aliphatic rings. The molecule has 9 nitrogen and oxygen atoms in total. The number of likely N-dealkylation sites (tertiary alicyclic amines) is 1. The molecule has 0 aliphatic carbocycles. The minimum atomic E-state index is -3.69. The van der Waals surface area contributed by atoms with Gasteiger partial charge in [-0.1, -0.05) is 6.07 Å². The number of nitrogens with zero attached hydrogens (tertiary/aromatic N) is 3. The SMILES string of the molecule is COc1cc(C)c(S(=O)(=O)N2CCC(OCC(=O)N3CCC(O)(c4ccccn4)CC3)C2)c(C)c1. The van der Waals surface area contributed by atoms with Crippen LogP contribution in [0.5, 0.6) is 5.75 Å². The van der Waals surface area contributed by atoms with Crippen molar-refractivity contribution in [1.29, 1.82) is 0 Å². The molecule has 2 aliphatic heterocycles. The Kier molecular flexibility index (Phi) is 7.46. The summed E-state index contributed by atoms with van der Waals surface area (Å²) in [6, 6.07) is 8.88. The zero-order valence-electron chi connectivity index (χ0n) is 20.4. The first-order valence-corrected chi connectivity index (χ1v) is 13.3. The molecule has 0 spiro atoms. The Balaban J connectivity index is 1.30. The van der Waals surface area contributed by atoms with Gasteiger partial charge in [-0.25, -0.2) is 8.42 Å². The summed E-state index contributed by atoms with van der Waals surface area (Å²) in [6.07, 6.45) is 2.65. The first-order valence-electron chi connectivity index (χ1n) is 11.8. The standard InChI is InChI=1S/C25H33N3O6S/c1-18-14-21(33-3)15-19(2)24(18)35(31,32)28-11-7-20(16-28)34-17-23(29)27-12-8-25(30,9-13-27)22-6-4-5-10-26-22/h4-6,10,14-15,20,30H,7-9,11-13,16-17H2,1-3H3. The van der Waals surface area contributed by atoms with Gasteiger partial charge in [0.25, 0.3) is 0 Å². The number of aromatic nitrogens is 1. The van der Waals surface area contributed by atoms with Gasteiger partial charge in [0.1, 0.15) is 18.0 Å². The van der Waals surface area contributed by atoms with Crippen molar-refractivity contribution in [2.24, 2.45) is 0 Å². The summed E-state index contributed by atoms with van der Waals surface area (Å²) in [5.74, 6) is 0.465. The van der Waals surface area contributed by atoms with Crippen LogP contribution in [0.2, 0.25) is 0 Å². The number of hydrogen-bond acceptors (Lipinski definition) is 7. The molecule has 3 heterocycles. The van der Waals surface area contributed by atoms with E-state index in [1.165, 1.54) is 4.31 Å². The number of piperidine rings is 1. The van der Waals surface area contributed by atoms with E-state index in [1.54, 1.807) is 56.3 Å². The maximum atomic E-state index is 13.3. The number of methoxy groups -OCH3 is 1. The van der Waals surface area contributed by atoms with Crippen LogP contribution in [0.3, 0.4) is 0 Å². The zero-order valence-corrected chi connectivity index (χ0v) is 21.3. The van der Waals surface area contributed by atoms with Crippen LogP contribution >= 0.6 is 0 Å².